The van der Waals surface area contributed by atoms with Crippen molar-refractivity contribution in [3.05, 3.63) is 44.8 Å². The maximum absolute atomic E-state index is 13.5. The number of nitrogens with zero attached hydrogens (tertiary/aromatic N) is 1. The molecule has 4 atom stereocenters. The predicted molar refractivity (Wildman–Crippen MR) is 110 cm³/mol. The number of thiophene rings is 2. The summed E-state index contributed by atoms with van der Waals surface area (Å²) in [6.45, 7) is 3.95. The second-order valence-corrected chi connectivity index (χ2v) is 9.70. The second kappa shape index (κ2) is 7.76. The average Bonchev–Trinajstić information content (AvgIpc) is 3.41. The molecule has 2 amide bonds. The minimum atomic E-state index is -0.206. The van der Waals surface area contributed by atoms with Gasteiger partial charge >= 0.3 is 6.03 Å². The molecule has 1 saturated heterocycles. The molecule has 2 aromatic rings. The van der Waals surface area contributed by atoms with Gasteiger partial charge in [0, 0.05) is 27.6 Å². The van der Waals surface area contributed by atoms with Gasteiger partial charge in [-0.05, 0) is 35.7 Å². The number of rotatable bonds is 3. The first kappa shape index (κ1) is 18.7. The highest BCUT2D eigenvalue weighted by atomic mass is 32.1. The highest BCUT2D eigenvalue weighted by Gasteiger charge is 2.49. The number of piperidine rings is 1. The van der Waals surface area contributed by atoms with E-state index in [1.807, 2.05) is 41.6 Å². The summed E-state index contributed by atoms with van der Waals surface area (Å²) in [5, 5.41) is 7.32. The maximum Gasteiger partial charge on any atom is 0.318 e. The fourth-order valence-electron chi connectivity index (χ4n) is 4.64. The Kier molecular flexibility index (Phi) is 5.37. The molecule has 2 aromatic heterocycles. The van der Waals surface area contributed by atoms with Gasteiger partial charge in [0.15, 0.2) is 0 Å². The van der Waals surface area contributed by atoms with Gasteiger partial charge in [0.2, 0.25) is 0 Å². The van der Waals surface area contributed by atoms with Gasteiger partial charge < -0.3 is 10.2 Å². The quantitative estimate of drug-likeness (QED) is 0.747. The lowest BCUT2D eigenvalue weighted by atomic mass is 9.78. The Morgan fingerprint density at radius 3 is 1.96 bits per heavy atom. The minimum absolute atomic E-state index is 0.0232. The molecular formula is C21H26N2O2S2. The fourth-order valence-corrected chi connectivity index (χ4v) is 6.50. The van der Waals surface area contributed by atoms with E-state index in [1.165, 1.54) is 12.8 Å². The predicted octanol–water partition coefficient (Wildman–Crippen LogP) is 5.40. The van der Waals surface area contributed by atoms with Crippen molar-refractivity contribution < 1.29 is 9.59 Å². The molecule has 4 rings (SSSR count). The lowest BCUT2D eigenvalue weighted by Gasteiger charge is -2.47. The molecule has 4 nitrogen and oxygen atoms in total. The summed E-state index contributed by atoms with van der Waals surface area (Å²) < 4.78 is 0. The lowest BCUT2D eigenvalue weighted by molar-refractivity contribution is -0.135. The molecule has 1 N–H and O–H groups in total. The second-order valence-electron chi connectivity index (χ2n) is 7.74. The third-order valence-corrected chi connectivity index (χ3v) is 7.92. The lowest BCUT2D eigenvalue weighted by Crippen LogP contribution is -2.55. The fraction of sp³-hybridized carbons (Fsp3) is 0.524. The van der Waals surface area contributed by atoms with Crippen LogP contribution in [0, 0.1) is 11.8 Å². The Balaban J connectivity index is 1.74. The Labute approximate surface area is 168 Å². The van der Waals surface area contributed by atoms with Crippen LogP contribution in [-0.4, -0.2) is 22.8 Å². The van der Waals surface area contributed by atoms with Crippen LogP contribution in [0.2, 0.25) is 0 Å². The summed E-state index contributed by atoms with van der Waals surface area (Å²) in [4.78, 5) is 30.7. The third kappa shape index (κ3) is 3.45. The van der Waals surface area contributed by atoms with E-state index in [0.29, 0.717) is 0 Å². The summed E-state index contributed by atoms with van der Waals surface area (Å²) in [7, 11) is 0. The number of carbonyl (C=O) groups excluding carboxylic acids is 2. The average molecular weight is 403 g/mol. The van der Waals surface area contributed by atoms with E-state index in [1.54, 1.807) is 22.7 Å². The molecule has 1 aliphatic heterocycles. The number of urea groups is 1. The Bertz CT molecular complexity index is 731. The van der Waals surface area contributed by atoms with E-state index in [-0.39, 0.29) is 41.8 Å². The van der Waals surface area contributed by atoms with E-state index in [2.05, 4.69) is 17.4 Å². The van der Waals surface area contributed by atoms with Crippen LogP contribution in [0.5, 0.6) is 0 Å². The van der Waals surface area contributed by atoms with E-state index in [0.717, 1.165) is 22.6 Å². The molecule has 0 spiro atoms. The van der Waals surface area contributed by atoms with Crippen molar-refractivity contribution in [1.29, 1.82) is 0 Å². The summed E-state index contributed by atoms with van der Waals surface area (Å²) in [5.41, 5.74) is 0. The number of ketones is 1. The molecule has 2 fully saturated rings. The van der Waals surface area contributed by atoms with Crippen LogP contribution in [0.3, 0.4) is 0 Å². The molecule has 0 aromatic carbocycles. The zero-order valence-electron chi connectivity index (χ0n) is 15.8. The topological polar surface area (TPSA) is 49.4 Å². The molecule has 1 saturated carbocycles. The van der Waals surface area contributed by atoms with Gasteiger partial charge in [-0.3, -0.25) is 4.79 Å². The number of likely N-dealkylation sites (tertiary alicyclic amines) is 1. The van der Waals surface area contributed by atoms with E-state index in [9.17, 15) is 9.59 Å². The van der Waals surface area contributed by atoms with Crippen LogP contribution >= 0.6 is 22.7 Å². The van der Waals surface area contributed by atoms with Crippen molar-refractivity contribution in [3.63, 3.8) is 0 Å². The molecule has 144 valence electrons. The molecule has 6 heteroatoms. The maximum atomic E-state index is 13.5. The van der Waals surface area contributed by atoms with Gasteiger partial charge in [-0.25, -0.2) is 4.79 Å². The zero-order chi connectivity index (χ0) is 19.0. The first-order valence-corrected chi connectivity index (χ1v) is 11.5. The Morgan fingerprint density at radius 2 is 1.52 bits per heavy atom. The first-order valence-electron chi connectivity index (χ1n) is 9.77. The zero-order valence-corrected chi connectivity index (χ0v) is 17.4. The third-order valence-electron chi connectivity index (χ3n) is 6.03. The van der Waals surface area contributed by atoms with Crippen molar-refractivity contribution in [1.82, 2.24) is 10.2 Å². The van der Waals surface area contributed by atoms with Crippen LogP contribution in [0.4, 0.5) is 4.79 Å². The summed E-state index contributed by atoms with van der Waals surface area (Å²) in [5.74, 6) is -0.162. The van der Waals surface area contributed by atoms with Crippen LogP contribution in [-0.2, 0) is 4.79 Å². The first-order chi connectivity index (χ1) is 13.1. The smallest absolute Gasteiger partial charge is 0.318 e. The highest BCUT2D eigenvalue weighted by Crippen LogP contribution is 2.48. The van der Waals surface area contributed by atoms with Crippen LogP contribution in [0.1, 0.15) is 61.4 Å². The van der Waals surface area contributed by atoms with Crippen molar-refractivity contribution in [2.75, 3.05) is 0 Å². The largest absolute Gasteiger partial charge is 0.335 e. The van der Waals surface area contributed by atoms with Gasteiger partial charge in [0.1, 0.15) is 5.78 Å². The molecule has 3 heterocycles. The van der Waals surface area contributed by atoms with Gasteiger partial charge in [0.25, 0.3) is 0 Å². The number of hydrogen-bond donors (Lipinski definition) is 1. The van der Waals surface area contributed by atoms with Crippen molar-refractivity contribution in [3.8, 4) is 0 Å². The monoisotopic (exact) mass is 402 g/mol. The Hall–Kier alpha value is -1.66. The molecule has 2 aliphatic rings. The molecule has 1 aliphatic carbocycles. The Morgan fingerprint density at radius 1 is 1.00 bits per heavy atom. The highest BCUT2D eigenvalue weighted by molar-refractivity contribution is 7.10. The van der Waals surface area contributed by atoms with E-state index < -0.39 is 0 Å². The summed E-state index contributed by atoms with van der Waals surface area (Å²) in [6, 6.07) is 7.93. The summed E-state index contributed by atoms with van der Waals surface area (Å²) in [6.07, 6.45) is 4.46. The van der Waals surface area contributed by atoms with Crippen molar-refractivity contribution in [2.24, 2.45) is 11.8 Å². The number of carbonyl (C=O) groups is 2. The summed E-state index contributed by atoms with van der Waals surface area (Å²) >= 11 is 3.26. The molecule has 0 radical (unpaired) electrons. The van der Waals surface area contributed by atoms with Gasteiger partial charge in [-0.15, -0.1) is 22.7 Å². The number of amides is 2. The molecule has 0 bridgehead atoms. The van der Waals surface area contributed by atoms with Crippen molar-refractivity contribution >= 4 is 34.5 Å². The number of nitrogens with one attached hydrogen (secondary N) is 1. The van der Waals surface area contributed by atoms with Gasteiger partial charge in [-0.1, -0.05) is 38.8 Å². The number of Topliss-reactive ketones (excluding diaryl/α,β-unsaturated/α-hetero) is 1. The number of hydrogen-bond acceptors (Lipinski definition) is 4. The van der Waals surface area contributed by atoms with Crippen LogP contribution in [0.15, 0.2) is 35.0 Å². The minimum Gasteiger partial charge on any atom is -0.335 e. The molecular weight excluding hydrogens is 376 g/mol. The van der Waals surface area contributed by atoms with Crippen molar-refractivity contribution in [2.45, 2.75) is 57.7 Å². The molecule has 27 heavy (non-hydrogen) atoms. The van der Waals surface area contributed by atoms with Crippen LogP contribution < -0.4 is 5.32 Å². The van der Waals surface area contributed by atoms with Gasteiger partial charge in [0.05, 0.1) is 12.1 Å². The van der Waals surface area contributed by atoms with Crippen LogP contribution in [0.25, 0.3) is 0 Å². The molecule has 0 unspecified atom stereocenters. The van der Waals surface area contributed by atoms with E-state index >= 15 is 0 Å². The van der Waals surface area contributed by atoms with E-state index in [4.69, 9.17) is 0 Å². The SMILES string of the molecule is C[C@@H]1C(=O)[C@H](C)[C@@H](c2cccs2)N(C(=O)NC2CCCC2)[C@H]1c1cccs1. The standard InChI is InChI=1S/C21H26N2O2S2/c1-13-18(16-9-5-11-26-16)23(21(25)22-15-7-3-4-8-15)19(14(2)20(13)24)17-10-6-12-27-17/h5-6,9-15,18-19H,3-4,7-8H2,1-2H3,(H,22,25)/t13-,14+,18+,19-. The van der Waals surface area contributed by atoms with Gasteiger partial charge in [-0.2, -0.15) is 0 Å². The normalized spacial score (nSPS) is 29.3.